The lowest BCUT2D eigenvalue weighted by Gasteiger charge is -2.41. The highest BCUT2D eigenvalue weighted by atomic mass is 19.1. The van der Waals surface area contributed by atoms with Crippen molar-refractivity contribution >= 4 is 0 Å². The van der Waals surface area contributed by atoms with E-state index in [4.69, 9.17) is 4.74 Å². The molecule has 0 bridgehead atoms. The second kappa shape index (κ2) is 3.76. The van der Waals surface area contributed by atoms with Crippen LogP contribution in [-0.2, 0) is 4.74 Å². The zero-order chi connectivity index (χ0) is 10.2. The highest BCUT2D eigenvalue weighted by molar-refractivity contribution is 4.93. The van der Waals surface area contributed by atoms with Gasteiger partial charge >= 0.3 is 0 Å². The largest absolute Gasteiger partial charge is 0.389 e. The van der Waals surface area contributed by atoms with E-state index >= 15 is 0 Å². The number of hydrogen-bond acceptors (Lipinski definition) is 3. The van der Waals surface area contributed by atoms with Crippen LogP contribution < -0.4 is 0 Å². The number of alkyl halides is 1. The van der Waals surface area contributed by atoms with Crippen LogP contribution in [0.25, 0.3) is 0 Å². The van der Waals surface area contributed by atoms with E-state index < -0.39 is 11.8 Å². The Morgan fingerprint density at radius 3 is 2.64 bits per heavy atom. The highest BCUT2D eigenvalue weighted by Crippen LogP contribution is 2.33. The SMILES string of the molecule is CN(CC1(O)CCC1)[C@@H]1COC[C@H]1F. The summed E-state index contributed by atoms with van der Waals surface area (Å²) in [4.78, 5) is 1.90. The van der Waals surface area contributed by atoms with Crippen molar-refractivity contribution in [2.24, 2.45) is 0 Å². The molecule has 1 N–H and O–H groups in total. The van der Waals surface area contributed by atoms with Gasteiger partial charge in [-0.2, -0.15) is 0 Å². The van der Waals surface area contributed by atoms with Crippen LogP contribution in [0.2, 0.25) is 0 Å². The van der Waals surface area contributed by atoms with Gasteiger partial charge in [0.25, 0.3) is 0 Å². The first-order chi connectivity index (χ1) is 6.61. The smallest absolute Gasteiger partial charge is 0.141 e. The summed E-state index contributed by atoms with van der Waals surface area (Å²) < 4.78 is 18.3. The molecule has 2 rings (SSSR count). The molecule has 1 saturated carbocycles. The first kappa shape index (κ1) is 10.3. The van der Waals surface area contributed by atoms with Gasteiger partial charge in [-0.15, -0.1) is 0 Å². The summed E-state index contributed by atoms with van der Waals surface area (Å²) >= 11 is 0. The maximum atomic E-state index is 13.3. The Balaban J connectivity index is 1.85. The van der Waals surface area contributed by atoms with Crippen LogP contribution in [-0.4, -0.2) is 54.6 Å². The van der Waals surface area contributed by atoms with Gasteiger partial charge in [-0.05, 0) is 26.3 Å². The van der Waals surface area contributed by atoms with Crippen molar-refractivity contribution in [1.29, 1.82) is 0 Å². The summed E-state index contributed by atoms with van der Waals surface area (Å²) in [5.74, 6) is 0. The van der Waals surface area contributed by atoms with E-state index in [1.807, 2.05) is 11.9 Å². The number of halogens is 1. The minimum Gasteiger partial charge on any atom is -0.389 e. The summed E-state index contributed by atoms with van der Waals surface area (Å²) in [7, 11) is 1.86. The van der Waals surface area contributed by atoms with Gasteiger partial charge in [0.2, 0.25) is 0 Å². The molecular weight excluding hydrogens is 185 g/mol. The van der Waals surface area contributed by atoms with Gasteiger partial charge in [-0.25, -0.2) is 4.39 Å². The Hall–Kier alpha value is -0.190. The molecule has 4 heteroatoms. The molecule has 3 nitrogen and oxygen atoms in total. The standard InChI is InChI=1S/C10H18FNO2/c1-12(7-10(13)3-2-4-10)9-6-14-5-8(9)11/h8-9,13H,2-7H2,1H3/t8-,9-/m1/s1. The molecule has 0 spiro atoms. The monoisotopic (exact) mass is 203 g/mol. The average molecular weight is 203 g/mol. The van der Waals surface area contributed by atoms with Crippen LogP contribution in [0.15, 0.2) is 0 Å². The predicted octanol–water partition coefficient (Wildman–Crippen LogP) is 0.570. The Bertz CT molecular complexity index is 208. The van der Waals surface area contributed by atoms with Gasteiger partial charge in [0, 0.05) is 6.54 Å². The molecule has 1 aliphatic heterocycles. The van der Waals surface area contributed by atoms with Crippen LogP contribution in [0, 0.1) is 0 Å². The summed E-state index contributed by atoms with van der Waals surface area (Å²) in [5.41, 5.74) is -0.558. The molecule has 0 aromatic rings. The van der Waals surface area contributed by atoms with Gasteiger partial charge < -0.3 is 9.84 Å². The van der Waals surface area contributed by atoms with Crippen LogP contribution in [0.5, 0.6) is 0 Å². The van der Waals surface area contributed by atoms with Gasteiger partial charge in [0.05, 0.1) is 24.9 Å². The molecule has 0 radical (unpaired) electrons. The van der Waals surface area contributed by atoms with E-state index in [0.717, 1.165) is 19.3 Å². The maximum absolute atomic E-state index is 13.3. The van der Waals surface area contributed by atoms with Crippen LogP contribution in [0.4, 0.5) is 4.39 Å². The van der Waals surface area contributed by atoms with Crippen molar-refractivity contribution in [2.75, 3.05) is 26.8 Å². The van der Waals surface area contributed by atoms with E-state index in [1.54, 1.807) is 0 Å². The van der Waals surface area contributed by atoms with Gasteiger partial charge in [0.1, 0.15) is 6.17 Å². The topological polar surface area (TPSA) is 32.7 Å². The molecule has 2 aliphatic rings. The molecule has 14 heavy (non-hydrogen) atoms. The van der Waals surface area contributed by atoms with Crippen LogP contribution in [0.1, 0.15) is 19.3 Å². The fraction of sp³-hybridized carbons (Fsp3) is 1.00. The molecule has 1 heterocycles. The van der Waals surface area contributed by atoms with Crippen molar-refractivity contribution in [1.82, 2.24) is 4.90 Å². The minimum absolute atomic E-state index is 0.167. The summed E-state index contributed by atoms with van der Waals surface area (Å²) in [5, 5.41) is 9.92. The van der Waals surface area contributed by atoms with Crippen molar-refractivity contribution in [2.45, 2.75) is 37.1 Å². The van der Waals surface area contributed by atoms with E-state index in [1.165, 1.54) is 0 Å². The Morgan fingerprint density at radius 2 is 2.21 bits per heavy atom. The first-order valence-electron chi connectivity index (χ1n) is 5.25. The van der Waals surface area contributed by atoms with Crippen molar-refractivity contribution < 1.29 is 14.2 Å². The van der Waals surface area contributed by atoms with E-state index in [-0.39, 0.29) is 12.6 Å². The van der Waals surface area contributed by atoms with Crippen molar-refractivity contribution in [3.63, 3.8) is 0 Å². The first-order valence-corrected chi connectivity index (χ1v) is 5.25. The molecule has 2 fully saturated rings. The summed E-state index contributed by atoms with van der Waals surface area (Å²) in [6.07, 6.45) is 1.89. The third-order valence-corrected chi connectivity index (χ3v) is 3.38. The normalized spacial score (nSPS) is 36.0. The third-order valence-electron chi connectivity index (χ3n) is 3.38. The molecule has 0 aromatic carbocycles. The van der Waals surface area contributed by atoms with Gasteiger partial charge in [0.15, 0.2) is 0 Å². The van der Waals surface area contributed by atoms with Crippen LogP contribution in [0.3, 0.4) is 0 Å². The number of rotatable bonds is 3. The van der Waals surface area contributed by atoms with Crippen molar-refractivity contribution in [3.8, 4) is 0 Å². The zero-order valence-corrected chi connectivity index (χ0v) is 8.58. The fourth-order valence-electron chi connectivity index (χ4n) is 2.24. The van der Waals surface area contributed by atoms with E-state index in [2.05, 4.69) is 0 Å². The Morgan fingerprint density at radius 1 is 1.50 bits per heavy atom. The molecule has 0 aromatic heterocycles. The minimum atomic E-state index is -0.899. The molecule has 82 valence electrons. The number of likely N-dealkylation sites (N-methyl/N-ethyl adjacent to an activating group) is 1. The molecule has 1 saturated heterocycles. The number of nitrogens with zero attached hydrogens (tertiary/aromatic N) is 1. The number of aliphatic hydroxyl groups is 1. The second-order valence-corrected chi connectivity index (χ2v) is 4.61. The van der Waals surface area contributed by atoms with Crippen LogP contribution >= 0.6 is 0 Å². The molecule has 1 aliphatic carbocycles. The number of ether oxygens (including phenoxy) is 1. The van der Waals surface area contributed by atoms with Gasteiger partial charge in [-0.1, -0.05) is 0 Å². The Kier molecular flexibility index (Phi) is 2.77. The maximum Gasteiger partial charge on any atom is 0.141 e. The number of hydrogen-bond donors (Lipinski definition) is 1. The lowest BCUT2D eigenvalue weighted by Crippen LogP contribution is -2.51. The molecule has 0 amide bonds. The Labute approximate surface area is 83.8 Å². The molecule has 0 unspecified atom stereocenters. The van der Waals surface area contributed by atoms with E-state index in [0.29, 0.717) is 13.2 Å². The predicted molar refractivity (Wildman–Crippen MR) is 50.9 cm³/mol. The van der Waals surface area contributed by atoms with Gasteiger partial charge in [-0.3, -0.25) is 4.90 Å². The second-order valence-electron chi connectivity index (χ2n) is 4.61. The summed E-state index contributed by atoms with van der Waals surface area (Å²) in [6.45, 7) is 1.22. The zero-order valence-electron chi connectivity index (χ0n) is 8.58. The van der Waals surface area contributed by atoms with Crippen molar-refractivity contribution in [3.05, 3.63) is 0 Å². The third kappa shape index (κ3) is 1.92. The van der Waals surface area contributed by atoms with E-state index in [9.17, 15) is 9.50 Å². The fourth-order valence-corrected chi connectivity index (χ4v) is 2.24. The quantitative estimate of drug-likeness (QED) is 0.728. The lowest BCUT2D eigenvalue weighted by molar-refractivity contribution is -0.0642. The highest BCUT2D eigenvalue weighted by Gasteiger charge is 2.39. The summed E-state index contributed by atoms with van der Waals surface area (Å²) in [6, 6.07) is -0.167. The molecular formula is C10H18FNO2. The molecule has 2 atom stereocenters. The lowest BCUT2D eigenvalue weighted by atomic mass is 9.80. The average Bonchev–Trinajstić information content (AvgIpc) is 2.48.